The first-order valence-electron chi connectivity index (χ1n) is 9.75. The SMILES string of the molecule is Cc1cc(C)cc(N2C(=O)C3N=NN(CC(=O)Nc4ccc(C)c(C)c4)C3C2=O)c1. The third kappa shape index (κ3) is 3.45. The van der Waals surface area contributed by atoms with Gasteiger partial charge in [0, 0.05) is 5.69 Å². The van der Waals surface area contributed by atoms with Crippen molar-refractivity contribution in [2.24, 2.45) is 10.3 Å². The summed E-state index contributed by atoms with van der Waals surface area (Å²) in [6, 6.07) is 9.36. The van der Waals surface area contributed by atoms with E-state index in [0.717, 1.165) is 27.2 Å². The smallest absolute Gasteiger partial charge is 0.263 e. The van der Waals surface area contributed by atoms with Gasteiger partial charge in [-0.15, -0.1) is 0 Å². The van der Waals surface area contributed by atoms with Crippen molar-refractivity contribution in [3.05, 3.63) is 58.7 Å². The molecule has 3 amide bonds. The molecule has 0 radical (unpaired) electrons. The number of benzene rings is 2. The molecule has 1 saturated heterocycles. The van der Waals surface area contributed by atoms with Crippen LogP contribution >= 0.6 is 0 Å². The normalized spacial score (nSPS) is 20.1. The van der Waals surface area contributed by atoms with Gasteiger partial charge in [0.25, 0.3) is 11.8 Å². The minimum absolute atomic E-state index is 0.169. The fourth-order valence-corrected chi connectivity index (χ4v) is 3.85. The lowest BCUT2D eigenvalue weighted by Crippen LogP contribution is -2.43. The summed E-state index contributed by atoms with van der Waals surface area (Å²) in [5.74, 6) is -1.17. The highest BCUT2D eigenvalue weighted by atomic mass is 16.2. The van der Waals surface area contributed by atoms with Gasteiger partial charge in [-0.25, -0.2) is 4.90 Å². The second-order valence-electron chi connectivity index (χ2n) is 7.90. The van der Waals surface area contributed by atoms with Crippen molar-refractivity contribution in [2.45, 2.75) is 39.8 Å². The lowest BCUT2D eigenvalue weighted by Gasteiger charge is -2.20. The van der Waals surface area contributed by atoms with Crippen molar-refractivity contribution in [3.63, 3.8) is 0 Å². The number of hydrogen-bond donors (Lipinski definition) is 1. The average molecular weight is 405 g/mol. The number of amides is 3. The summed E-state index contributed by atoms with van der Waals surface area (Å²) in [5.41, 5.74) is 5.29. The van der Waals surface area contributed by atoms with Gasteiger partial charge in [0.2, 0.25) is 5.91 Å². The maximum Gasteiger partial charge on any atom is 0.263 e. The fraction of sp³-hybridized carbons (Fsp3) is 0.318. The molecule has 0 saturated carbocycles. The highest BCUT2D eigenvalue weighted by molar-refractivity contribution is 6.25. The molecular formula is C22H23N5O3. The Kier molecular flexibility index (Phi) is 4.85. The Morgan fingerprint density at radius 2 is 1.67 bits per heavy atom. The Bertz CT molecular complexity index is 1070. The Hall–Kier alpha value is -3.55. The molecule has 0 aliphatic carbocycles. The Morgan fingerprint density at radius 3 is 2.33 bits per heavy atom. The van der Waals surface area contributed by atoms with Crippen LogP contribution in [0.25, 0.3) is 0 Å². The third-order valence-electron chi connectivity index (χ3n) is 5.42. The Morgan fingerprint density at radius 1 is 0.967 bits per heavy atom. The van der Waals surface area contributed by atoms with E-state index >= 15 is 0 Å². The van der Waals surface area contributed by atoms with Crippen LogP contribution in [-0.4, -0.2) is 41.4 Å². The predicted molar refractivity (Wildman–Crippen MR) is 112 cm³/mol. The molecule has 30 heavy (non-hydrogen) atoms. The molecule has 2 atom stereocenters. The summed E-state index contributed by atoms with van der Waals surface area (Å²) in [4.78, 5) is 39.6. The van der Waals surface area contributed by atoms with E-state index in [2.05, 4.69) is 15.7 Å². The average Bonchev–Trinajstić information content (AvgIpc) is 3.17. The molecule has 8 nitrogen and oxygen atoms in total. The van der Waals surface area contributed by atoms with Gasteiger partial charge in [-0.3, -0.25) is 19.4 Å². The maximum atomic E-state index is 13.1. The first-order valence-corrected chi connectivity index (χ1v) is 9.75. The van der Waals surface area contributed by atoms with Crippen LogP contribution in [0.4, 0.5) is 11.4 Å². The molecule has 2 unspecified atom stereocenters. The minimum Gasteiger partial charge on any atom is -0.324 e. The quantitative estimate of drug-likeness (QED) is 0.792. The lowest BCUT2D eigenvalue weighted by atomic mass is 10.1. The second-order valence-corrected chi connectivity index (χ2v) is 7.90. The standard InChI is InChI=1S/C22H23N5O3/c1-12-7-13(2)9-17(8-12)27-21(29)19-20(22(27)30)26(25-24-19)11-18(28)23-16-6-5-14(3)15(4)10-16/h5-10,19-20H,11H2,1-4H3,(H,23,28). The summed E-state index contributed by atoms with van der Waals surface area (Å²) < 4.78 is 0. The number of nitrogens with zero attached hydrogens (tertiary/aromatic N) is 4. The van der Waals surface area contributed by atoms with Crippen molar-refractivity contribution in [1.29, 1.82) is 0 Å². The minimum atomic E-state index is -0.923. The number of carbonyl (C=O) groups is 3. The number of anilines is 2. The zero-order valence-corrected chi connectivity index (χ0v) is 17.3. The molecule has 2 aliphatic heterocycles. The third-order valence-corrected chi connectivity index (χ3v) is 5.42. The number of nitrogens with one attached hydrogen (secondary N) is 1. The highest BCUT2D eigenvalue weighted by Crippen LogP contribution is 2.32. The van der Waals surface area contributed by atoms with E-state index in [0.29, 0.717) is 11.4 Å². The summed E-state index contributed by atoms with van der Waals surface area (Å²) >= 11 is 0. The zero-order valence-electron chi connectivity index (χ0n) is 17.3. The van der Waals surface area contributed by atoms with E-state index in [1.54, 1.807) is 12.1 Å². The molecule has 0 bridgehead atoms. The van der Waals surface area contributed by atoms with Crippen LogP contribution in [0.2, 0.25) is 0 Å². The molecule has 1 fully saturated rings. The van der Waals surface area contributed by atoms with Gasteiger partial charge in [-0.1, -0.05) is 17.4 Å². The van der Waals surface area contributed by atoms with Crippen molar-refractivity contribution < 1.29 is 14.4 Å². The molecule has 154 valence electrons. The van der Waals surface area contributed by atoms with Gasteiger partial charge >= 0.3 is 0 Å². The molecule has 2 aromatic carbocycles. The van der Waals surface area contributed by atoms with Crippen LogP contribution in [0, 0.1) is 27.7 Å². The van der Waals surface area contributed by atoms with E-state index in [4.69, 9.17) is 0 Å². The van der Waals surface area contributed by atoms with E-state index < -0.39 is 23.9 Å². The lowest BCUT2D eigenvalue weighted by molar-refractivity contribution is -0.123. The monoisotopic (exact) mass is 405 g/mol. The summed E-state index contributed by atoms with van der Waals surface area (Å²) in [5, 5.41) is 12.0. The van der Waals surface area contributed by atoms with Crippen molar-refractivity contribution in [2.75, 3.05) is 16.8 Å². The summed E-state index contributed by atoms with van der Waals surface area (Å²) in [6.45, 7) is 7.61. The first kappa shape index (κ1) is 19.8. The second kappa shape index (κ2) is 7.37. The van der Waals surface area contributed by atoms with Crippen molar-refractivity contribution >= 4 is 29.1 Å². The van der Waals surface area contributed by atoms with Crippen molar-refractivity contribution in [3.8, 4) is 0 Å². The van der Waals surface area contributed by atoms with Gasteiger partial charge in [0.05, 0.1) is 5.69 Å². The topological polar surface area (TPSA) is 94.4 Å². The van der Waals surface area contributed by atoms with Crippen LogP contribution in [-0.2, 0) is 14.4 Å². The number of rotatable bonds is 4. The van der Waals surface area contributed by atoms with Crippen LogP contribution in [0.3, 0.4) is 0 Å². The zero-order chi connectivity index (χ0) is 21.6. The molecule has 2 heterocycles. The first-order chi connectivity index (χ1) is 14.2. The maximum absolute atomic E-state index is 13.1. The highest BCUT2D eigenvalue weighted by Gasteiger charge is 2.55. The number of imide groups is 1. The molecule has 1 N–H and O–H groups in total. The fourth-order valence-electron chi connectivity index (χ4n) is 3.85. The molecule has 0 aromatic heterocycles. The van der Waals surface area contributed by atoms with Gasteiger partial charge in [0.1, 0.15) is 6.54 Å². The number of hydrogen-bond acceptors (Lipinski definition) is 6. The molecular weight excluding hydrogens is 382 g/mol. The van der Waals surface area contributed by atoms with Crippen LogP contribution in [0.1, 0.15) is 22.3 Å². The predicted octanol–water partition coefficient (Wildman–Crippen LogP) is 2.85. The van der Waals surface area contributed by atoms with E-state index in [1.165, 1.54) is 5.01 Å². The van der Waals surface area contributed by atoms with Crippen LogP contribution < -0.4 is 10.2 Å². The van der Waals surface area contributed by atoms with E-state index in [-0.39, 0.29) is 12.5 Å². The van der Waals surface area contributed by atoms with Gasteiger partial charge in [0.15, 0.2) is 12.1 Å². The Labute approximate surface area is 174 Å². The molecule has 4 rings (SSSR count). The van der Waals surface area contributed by atoms with Gasteiger partial charge in [-0.05, 0) is 74.2 Å². The van der Waals surface area contributed by atoms with E-state index in [1.807, 2.05) is 52.0 Å². The number of aryl methyl sites for hydroxylation is 4. The number of fused-ring (bicyclic) bond motifs is 1. The largest absolute Gasteiger partial charge is 0.324 e. The molecule has 2 aromatic rings. The molecule has 0 spiro atoms. The van der Waals surface area contributed by atoms with Crippen LogP contribution in [0.15, 0.2) is 46.7 Å². The molecule has 2 aliphatic rings. The van der Waals surface area contributed by atoms with Crippen molar-refractivity contribution in [1.82, 2.24) is 5.01 Å². The molecule has 8 heteroatoms. The van der Waals surface area contributed by atoms with Gasteiger partial charge < -0.3 is 5.32 Å². The van der Waals surface area contributed by atoms with E-state index in [9.17, 15) is 14.4 Å². The number of carbonyl (C=O) groups excluding carboxylic acids is 3. The van der Waals surface area contributed by atoms with Gasteiger partial charge in [-0.2, -0.15) is 5.11 Å². The van der Waals surface area contributed by atoms with Crippen LogP contribution in [0.5, 0.6) is 0 Å². The summed E-state index contributed by atoms with van der Waals surface area (Å²) in [7, 11) is 0. The Balaban J connectivity index is 1.50. The summed E-state index contributed by atoms with van der Waals surface area (Å²) in [6.07, 6.45) is 0.